The first-order valence-corrected chi connectivity index (χ1v) is 19.6. The molecule has 0 bridgehead atoms. The minimum Gasteiger partial charge on any atom is -0.398 e. The molecule has 9 rings (SSSR count). The summed E-state index contributed by atoms with van der Waals surface area (Å²) in [5, 5.41) is 10.1. The van der Waals surface area contributed by atoms with Crippen LogP contribution in [0.3, 0.4) is 0 Å². The average molecular weight is 786 g/mol. The van der Waals surface area contributed by atoms with Gasteiger partial charge in [-0.25, -0.2) is 17.6 Å². The highest BCUT2D eigenvalue weighted by Gasteiger charge is 2.50. The molecule has 298 valence electrons. The molecule has 4 amide bonds. The summed E-state index contributed by atoms with van der Waals surface area (Å²) in [5.41, 5.74) is 10.9. The molecule has 0 aromatic heterocycles. The fourth-order valence-electron chi connectivity index (χ4n) is 10.5. The largest absolute Gasteiger partial charge is 0.398 e. The molecular weight excluding hydrogens is 742 g/mol. The summed E-state index contributed by atoms with van der Waals surface area (Å²) >= 11 is 0. The second-order valence-corrected chi connectivity index (χ2v) is 16.7. The molecule has 3 saturated heterocycles. The molecular formula is C42H43F4N7O4. The van der Waals surface area contributed by atoms with Gasteiger partial charge in [-0.2, -0.15) is 0 Å². The Morgan fingerprint density at radius 2 is 1.54 bits per heavy atom. The second kappa shape index (κ2) is 14.0. The molecule has 6 aliphatic rings. The summed E-state index contributed by atoms with van der Waals surface area (Å²) in [4.78, 5) is 57.6. The first kappa shape index (κ1) is 37.4. The SMILES string of the molecule is N=Cc1c(N)ccc2c1CCN(CC(F)F)C2c1c(F)cc(N2CCC(CN3CC4(Cc5cc6c(cc5C4)C(=O)N(C4CCC(=O)NC4=O)C6=O)C3)CC2)cc1F. The van der Waals surface area contributed by atoms with Crippen LogP contribution in [0.4, 0.5) is 28.9 Å². The van der Waals surface area contributed by atoms with E-state index in [4.69, 9.17) is 11.1 Å². The van der Waals surface area contributed by atoms with Crippen molar-refractivity contribution in [2.45, 2.75) is 63.5 Å². The number of amides is 4. The van der Waals surface area contributed by atoms with Crippen LogP contribution in [0, 0.1) is 28.4 Å². The van der Waals surface area contributed by atoms with Crippen molar-refractivity contribution in [2.24, 2.45) is 11.3 Å². The third kappa shape index (κ3) is 6.39. The Balaban J connectivity index is 0.821. The number of nitrogens with zero attached hydrogens (tertiary/aromatic N) is 4. The molecule has 1 spiro atoms. The van der Waals surface area contributed by atoms with Gasteiger partial charge in [0, 0.05) is 79.8 Å². The number of hydrogen-bond acceptors (Lipinski definition) is 9. The predicted octanol–water partition coefficient (Wildman–Crippen LogP) is 4.48. The lowest BCUT2D eigenvalue weighted by molar-refractivity contribution is -0.136. The van der Waals surface area contributed by atoms with Gasteiger partial charge in [0.2, 0.25) is 11.8 Å². The molecule has 3 fully saturated rings. The van der Waals surface area contributed by atoms with Crippen molar-refractivity contribution in [3.8, 4) is 0 Å². The number of carbonyl (C=O) groups excluding carboxylic acids is 4. The van der Waals surface area contributed by atoms with E-state index in [0.29, 0.717) is 64.6 Å². The van der Waals surface area contributed by atoms with Crippen molar-refractivity contribution in [1.82, 2.24) is 20.0 Å². The minimum absolute atomic E-state index is 0.0295. The third-order valence-electron chi connectivity index (χ3n) is 13.1. The molecule has 11 nitrogen and oxygen atoms in total. The number of fused-ring (bicyclic) bond motifs is 3. The van der Waals surface area contributed by atoms with E-state index in [1.54, 1.807) is 12.1 Å². The lowest BCUT2D eigenvalue weighted by atomic mass is 9.76. The highest BCUT2D eigenvalue weighted by atomic mass is 19.3. The average Bonchev–Trinajstić information content (AvgIpc) is 3.64. The van der Waals surface area contributed by atoms with Crippen LogP contribution in [0.15, 0.2) is 36.4 Å². The van der Waals surface area contributed by atoms with Crippen LogP contribution in [0.1, 0.15) is 85.8 Å². The number of benzene rings is 3. The number of nitrogens with two attached hydrogens (primary N) is 1. The lowest BCUT2D eigenvalue weighted by Crippen LogP contribution is -2.58. The molecule has 3 aromatic rings. The van der Waals surface area contributed by atoms with Gasteiger partial charge < -0.3 is 20.9 Å². The summed E-state index contributed by atoms with van der Waals surface area (Å²) in [6, 6.07) is 7.35. The fourth-order valence-corrected chi connectivity index (χ4v) is 10.5. The maximum atomic E-state index is 16.1. The number of piperidine rings is 2. The zero-order valence-corrected chi connectivity index (χ0v) is 31.3. The van der Waals surface area contributed by atoms with E-state index in [1.165, 1.54) is 17.0 Å². The van der Waals surface area contributed by atoms with Gasteiger partial charge in [0.05, 0.1) is 23.7 Å². The summed E-state index contributed by atoms with van der Waals surface area (Å²) in [6.07, 6.45) is 2.18. The maximum absolute atomic E-state index is 16.1. The van der Waals surface area contributed by atoms with E-state index < -0.39 is 60.3 Å². The Morgan fingerprint density at radius 1 is 0.895 bits per heavy atom. The molecule has 15 heteroatoms. The van der Waals surface area contributed by atoms with Gasteiger partial charge in [-0.1, -0.05) is 6.07 Å². The first-order chi connectivity index (χ1) is 27.3. The van der Waals surface area contributed by atoms with Gasteiger partial charge in [-0.05, 0) is 97.0 Å². The highest BCUT2D eigenvalue weighted by Crippen LogP contribution is 2.47. The van der Waals surface area contributed by atoms with Crippen LogP contribution in [-0.2, 0) is 28.9 Å². The fraction of sp³-hybridized carbons (Fsp3) is 0.452. The van der Waals surface area contributed by atoms with Crippen LogP contribution >= 0.6 is 0 Å². The highest BCUT2D eigenvalue weighted by molar-refractivity contribution is 6.23. The quantitative estimate of drug-likeness (QED) is 0.132. The second-order valence-electron chi connectivity index (χ2n) is 16.7. The number of anilines is 2. The van der Waals surface area contributed by atoms with E-state index >= 15 is 8.78 Å². The molecule has 5 heterocycles. The normalized spacial score (nSPS) is 23.5. The van der Waals surface area contributed by atoms with Gasteiger partial charge >= 0.3 is 0 Å². The van der Waals surface area contributed by atoms with Crippen LogP contribution < -0.4 is 16.0 Å². The number of halogens is 4. The topological polar surface area (TPSA) is 143 Å². The number of rotatable bonds is 8. The van der Waals surface area contributed by atoms with Crippen LogP contribution in [0.2, 0.25) is 0 Å². The third-order valence-corrected chi connectivity index (χ3v) is 13.1. The molecule has 2 atom stereocenters. The Labute approximate surface area is 326 Å². The predicted molar refractivity (Wildman–Crippen MR) is 203 cm³/mol. The lowest BCUT2D eigenvalue weighted by Gasteiger charge is -2.50. The van der Waals surface area contributed by atoms with E-state index in [1.807, 2.05) is 17.0 Å². The first-order valence-electron chi connectivity index (χ1n) is 19.6. The molecule has 57 heavy (non-hydrogen) atoms. The number of imide groups is 2. The van der Waals surface area contributed by atoms with Crippen molar-refractivity contribution in [3.05, 3.63) is 92.5 Å². The number of alkyl halides is 2. The Bertz CT molecular complexity index is 2170. The monoisotopic (exact) mass is 785 g/mol. The van der Waals surface area contributed by atoms with E-state index in [9.17, 15) is 28.0 Å². The molecule has 4 N–H and O–H groups in total. The molecule has 1 aliphatic carbocycles. The Hall–Kier alpha value is -5.15. The minimum atomic E-state index is -2.70. The van der Waals surface area contributed by atoms with Gasteiger partial charge in [0.15, 0.2) is 0 Å². The smallest absolute Gasteiger partial charge is 0.262 e. The molecule has 5 aliphatic heterocycles. The van der Waals surface area contributed by atoms with Gasteiger partial charge in [0.1, 0.15) is 17.7 Å². The van der Waals surface area contributed by atoms with Gasteiger partial charge in [-0.3, -0.25) is 34.3 Å². The molecule has 0 radical (unpaired) electrons. The van der Waals surface area contributed by atoms with Gasteiger partial charge in [0.25, 0.3) is 18.2 Å². The van der Waals surface area contributed by atoms with Crippen LogP contribution in [-0.4, -0.2) is 103 Å². The number of carbonyl (C=O) groups is 4. The molecule has 3 aromatic carbocycles. The van der Waals surface area contributed by atoms with Crippen molar-refractivity contribution in [2.75, 3.05) is 56.4 Å². The van der Waals surface area contributed by atoms with Gasteiger partial charge in [-0.15, -0.1) is 0 Å². The standard InChI is InChI=1S/C42H43F4N7O4/c43-31-13-25(14-32(44)37(31)38-27-1-2-33(48)30(17-47)26(27)7-10-52(38)19-35(45)46)51-8-5-22(6-9-51)18-50-20-42(21-50)15-23-11-28-29(12-24(23)16-42)41(57)53(40(28)56)34-3-4-36(54)49-39(34)55/h1-2,11-14,17,22,34-35,38,47H,3-10,15-16,18-21,48H2,(H,49,54,55). The van der Waals surface area contributed by atoms with E-state index in [0.717, 1.165) is 67.6 Å². The Kier molecular flexibility index (Phi) is 9.22. The number of likely N-dealkylation sites (tertiary alicyclic amines) is 1. The molecule has 2 unspecified atom stereocenters. The zero-order chi connectivity index (χ0) is 39.9. The van der Waals surface area contributed by atoms with E-state index in [2.05, 4.69) is 10.2 Å². The Morgan fingerprint density at radius 3 is 2.14 bits per heavy atom. The van der Waals surface area contributed by atoms with Crippen molar-refractivity contribution in [3.63, 3.8) is 0 Å². The summed E-state index contributed by atoms with van der Waals surface area (Å²) in [5.74, 6) is -3.23. The summed E-state index contributed by atoms with van der Waals surface area (Å²) < 4.78 is 59.5. The zero-order valence-electron chi connectivity index (χ0n) is 31.3. The summed E-state index contributed by atoms with van der Waals surface area (Å²) in [6.45, 7) is 3.38. The summed E-state index contributed by atoms with van der Waals surface area (Å²) in [7, 11) is 0. The van der Waals surface area contributed by atoms with Crippen LogP contribution in [0.25, 0.3) is 0 Å². The number of nitrogens with one attached hydrogen (secondary N) is 2. The maximum Gasteiger partial charge on any atom is 0.262 e. The number of nitrogen functional groups attached to an aromatic ring is 1. The number of hydrogen-bond donors (Lipinski definition) is 3. The van der Waals surface area contributed by atoms with Crippen molar-refractivity contribution in [1.29, 1.82) is 5.41 Å². The van der Waals surface area contributed by atoms with Crippen LogP contribution in [0.5, 0.6) is 0 Å². The van der Waals surface area contributed by atoms with Crippen molar-refractivity contribution >= 4 is 41.2 Å². The van der Waals surface area contributed by atoms with E-state index in [-0.39, 0.29) is 30.4 Å². The van der Waals surface area contributed by atoms with Crippen molar-refractivity contribution < 1.29 is 36.7 Å². The molecule has 0 saturated carbocycles.